The van der Waals surface area contributed by atoms with E-state index in [0.717, 1.165) is 32.1 Å². The number of amides is 2. The van der Waals surface area contributed by atoms with E-state index >= 15 is 0 Å². The molecule has 2 fully saturated rings. The highest BCUT2D eigenvalue weighted by Gasteiger charge is 2.44. The van der Waals surface area contributed by atoms with Crippen LogP contribution in [0.25, 0.3) is 11.0 Å². The first-order chi connectivity index (χ1) is 23.0. The van der Waals surface area contributed by atoms with Crippen LogP contribution in [-0.4, -0.2) is 94.8 Å². The van der Waals surface area contributed by atoms with Gasteiger partial charge in [0.2, 0.25) is 5.88 Å². The number of hydrogen-bond donors (Lipinski definition) is 2. The zero-order valence-corrected chi connectivity index (χ0v) is 29.7. The minimum absolute atomic E-state index is 0.113. The Hall–Kier alpha value is -4.36. The molecule has 0 radical (unpaired) electrons. The van der Waals surface area contributed by atoms with E-state index in [0.29, 0.717) is 34.8 Å². The van der Waals surface area contributed by atoms with Gasteiger partial charge in [-0.05, 0) is 69.9 Å². The maximum absolute atomic E-state index is 13.0. The highest BCUT2D eigenvalue weighted by atomic mass is 16.6. The first-order valence-corrected chi connectivity index (χ1v) is 16.8. The number of carbonyl (C=O) groups excluding carboxylic acids is 3. The number of aryl methyl sites for hydroxylation is 1. The van der Waals surface area contributed by atoms with Gasteiger partial charge in [-0.15, -0.1) is 0 Å². The predicted octanol–water partition coefficient (Wildman–Crippen LogP) is 5.29. The number of nitrogens with one attached hydrogen (secondary N) is 1. The summed E-state index contributed by atoms with van der Waals surface area (Å²) in [5.74, 6) is -0.450. The number of unbranched alkanes of at least 4 members (excludes halogenated alkanes) is 2. The molecule has 14 heteroatoms. The third kappa shape index (κ3) is 10.3. The zero-order chi connectivity index (χ0) is 36.1. The number of ether oxygens (including phenoxy) is 5. The van der Waals surface area contributed by atoms with Crippen LogP contribution in [0.3, 0.4) is 0 Å². The lowest BCUT2D eigenvalue weighted by molar-refractivity contribution is -0.145. The largest absolute Gasteiger partial charge is 0.497 e. The van der Waals surface area contributed by atoms with Crippen LogP contribution in [0.4, 0.5) is 9.59 Å². The van der Waals surface area contributed by atoms with Gasteiger partial charge >= 0.3 is 24.1 Å². The fraction of sp³-hybridized carbons (Fsp3) is 0.657. The maximum Gasteiger partial charge on any atom is 0.411 e. The van der Waals surface area contributed by atoms with E-state index in [9.17, 15) is 24.3 Å². The van der Waals surface area contributed by atoms with Crippen LogP contribution in [-0.2, 0) is 30.2 Å². The smallest absolute Gasteiger partial charge is 0.411 e. The summed E-state index contributed by atoms with van der Waals surface area (Å²) >= 11 is 0. The molecule has 1 aliphatic carbocycles. The van der Waals surface area contributed by atoms with Gasteiger partial charge in [-0.3, -0.25) is 4.90 Å². The lowest BCUT2D eigenvalue weighted by atomic mass is 9.87. The van der Waals surface area contributed by atoms with Crippen molar-refractivity contribution in [3.05, 3.63) is 23.9 Å². The van der Waals surface area contributed by atoms with Crippen LogP contribution in [0.15, 0.2) is 18.2 Å². The molecule has 270 valence electrons. The van der Waals surface area contributed by atoms with Crippen molar-refractivity contribution in [2.45, 2.75) is 116 Å². The van der Waals surface area contributed by atoms with E-state index in [4.69, 9.17) is 33.7 Å². The Balaban J connectivity index is 1.36. The van der Waals surface area contributed by atoms with Gasteiger partial charge in [-0.1, -0.05) is 33.6 Å². The average molecular weight is 687 g/mol. The molecule has 0 spiro atoms. The molecule has 4 rings (SSSR count). The van der Waals surface area contributed by atoms with E-state index in [1.54, 1.807) is 54.7 Å². The van der Waals surface area contributed by atoms with E-state index in [-0.39, 0.29) is 25.0 Å². The molecular weight excluding hydrogens is 636 g/mol. The normalized spacial score (nSPS) is 21.1. The second kappa shape index (κ2) is 15.5. The average Bonchev–Trinajstić information content (AvgIpc) is 3.60. The standard InChI is InChI=1S/C35H50N4O10/c1-34(2,3)28(30(40)41)38-32(43)48-27-16-20(27)12-10-9-11-13-24-29(37-25-17-21(45-7)14-15-23(25)36-24)47-22-18-26(31(42)46-8)39(19-22)33(44)49-35(4,5)6/h14-15,17,20,22,26-28H,9-13,16,18-19H2,1-8H3,(H,38,43)(H,40,41)/t20-,22-,26+,27-,28?/m1/s1. The lowest BCUT2D eigenvalue weighted by Crippen LogP contribution is -2.49. The number of alkyl carbamates (subject to hydrolysis) is 1. The Labute approximate surface area is 287 Å². The molecule has 0 bridgehead atoms. The van der Waals surface area contributed by atoms with Gasteiger partial charge in [0, 0.05) is 12.5 Å². The number of rotatable bonds is 13. The minimum Gasteiger partial charge on any atom is -0.497 e. The number of aliphatic carboxylic acids is 1. The Kier molecular flexibility index (Phi) is 11.8. The van der Waals surface area contributed by atoms with Crippen molar-refractivity contribution in [3.63, 3.8) is 0 Å². The Bertz CT molecular complexity index is 1520. The van der Waals surface area contributed by atoms with E-state index in [1.807, 2.05) is 12.1 Å². The number of carboxylic acid groups (broad SMARTS) is 1. The van der Waals surface area contributed by atoms with Crippen molar-refractivity contribution >= 4 is 35.2 Å². The van der Waals surface area contributed by atoms with Crippen LogP contribution in [0.1, 0.15) is 85.8 Å². The lowest BCUT2D eigenvalue weighted by Gasteiger charge is -2.27. The van der Waals surface area contributed by atoms with Crippen molar-refractivity contribution in [1.29, 1.82) is 0 Å². The molecule has 14 nitrogen and oxygen atoms in total. The van der Waals surface area contributed by atoms with Crippen molar-refractivity contribution in [1.82, 2.24) is 20.2 Å². The molecule has 2 aromatic rings. The number of nitrogens with zero attached hydrogens (tertiary/aromatic N) is 3. The second-order valence-electron chi connectivity index (χ2n) is 14.8. The van der Waals surface area contributed by atoms with Crippen molar-refractivity contribution in [2.24, 2.45) is 11.3 Å². The third-order valence-corrected chi connectivity index (χ3v) is 8.53. The number of hydrogen-bond acceptors (Lipinski definition) is 11. The minimum atomic E-state index is -1.10. The highest BCUT2D eigenvalue weighted by Crippen LogP contribution is 2.38. The summed E-state index contributed by atoms with van der Waals surface area (Å²) in [6.07, 6.45) is 2.95. The van der Waals surface area contributed by atoms with E-state index < -0.39 is 53.3 Å². The van der Waals surface area contributed by atoms with Crippen LogP contribution in [0, 0.1) is 11.3 Å². The van der Waals surface area contributed by atoms with Crippen molar-refractivity contribution in [3.8, 4) is 11.6 Å². The first kappa shape index (κ1) is 37.5. The van der Waals surface area contributed by atoms with Gasteiger partial charge in [0.1, 0.15) is 41.3 Å². The molecule has 1 aliphatic heterocycles. The van der Waals surface area contributed by atoms with Gasteiger partial charge < -0.3 is 34.1 Å². The van der Waals surface area contributed by atoms with Crippen LogP contribution in [0.2, 0.25) is 0 Å². The molecular formula is C35H50N4O10. The molecule has 2 amide bonds. The number of carbonyl (C=O) groups is 4. The monoisotopic (exact) mass is 686 g/mol. The summed E-state index contributed by atoms with van der Waals surface area (Å²) in [7, 11) is 2.85. The molecule has 2 heterocycles. The summed E-state index contributed by atoms with van der Waals surface area (Å²) in [6, 6.07) is 3.53. The number of benzene rings is 1. The molecule has 1 saturated heterocycles. The Morgan fingerprint density at radius 1 is 1.00 bits per heavy atom. The van der Waals surface area contributed by atoms with Crippen LogP contribution >= 0.6 is 0 Å². The summed E-state index contributed by atoms with van der Waals surface area (Å²) in [6.45, 7) is 10.6. The molecule has 1 saturated carbocycles. The van der Waals surface area contributed by atoms with Crippen LogP contribution in [0.5, 0.6) is 11.6 Å². The van der Waals surface area contributed by atoms with E-state index in [2.05, 4.69) is 5.32 Å². The number of carboxylic acids is 1. The fourth-order valence-electron chi connectivity index (χ4n) is 5.84. The molecule has 5 atom stereocenters. The molecule has 1 unspecified atom stereocenters. The number of aromatic nitrogens is 2. The Morgan fingerprint density at radius 3 is 2.37 bits per heavy atom. The molecule has 2 aliphatic rings. The molecule has 49 heavy (non-hydrogen) atoms. The summed E-state index contributed by atoms with van der Waals surface area (Å²) < 4.78 is 27.7. The quantitative estimate of drug-likeness (QED) is 0.159. The fourth-order valence-corrected chi connectivity index (χ4v) is 5.84. The van der Waals surface area contributed by atoms with Crippen molar-refractivity contribution in [2.75, 3.05) is 20.8 Å². The van der Waals surface area contributed by atoms with Gasteiger partial charge in [-0.25, -0.2) is 29.1 Å². The first-order valence-electron chi connectivity index (χ1n) is 16.8. The zero-order valence-electron chi connectivity index (χ0n) is 29.7. The van der Waals surface area contributed by atoms with Crippen LogP contribution < -0.4 is 14.8 Å². The maximum atomic E-state index is 13.0. The predicted molar refractivity (Wildman–Crippen MR) is 178 cm³/mol. The number of esters is 1. The summed E-state index contributed by atoms with van der Waals surface area (Å²) in [4.78, 5) is 60.4. The molecule has 1 aromatic carbocycles. The number of fused-ring (bicyclic) bond motifs is 1. The molecule has 1 aromatic heterocycles. The van der Waals surface area contributed by atoms with Gasteiger partial charge in [0.15, 0.2) is 0 Å². The van der Waals surface area contributed by atoms with Gasteiger partial charge in [0.05, 0.1) is 31.8 Å². The van der Waals surface area contributed by atoms with Crippen molar-refractivity contribution < 1.29 is 48.0 Å². The summed E-state index contributed by atoms with van der Waals surface area (Å²) in [5, 5.41) is 11.9. The highest BCUT2D eigenvalue weighted by molar-refractivity contribution is 5.82. The SMILES string of the molecule is COC(=O)[C@@H]1C[C@@H](Oc2nc3cc(OC)ccc3nc2CCCCC[C@@H]2C[C@H]2OC(=O)NC(C(=O)O)C(C)(C)C)CN1C(=O)OC(C)(C)C. The summed E-state index contributed by atoms with van der Waals surface area (Å²) in [5.41, 5.74) is 0.547. The third-order valence-electron chi connectivity index (χ3n) is 8.53. The molecule has 2 N–H and O–H groups in total. The number of methoxy groups -OCH3 is 2. The Morgan fingerprint density at radius 2 is 1.73 bits per heavy atom. The second-order valence-corrected chi connectivity index (χ2v) is 14.8. The van der Waals surface area contributed by atoms with Gasteiger partial charge in [0.25, 0.3) is 0 Å². The van der Waals surface area contributed by atoms with E-state index in [1.165, 1.54) is 12.0 Å². The topological polar surface area (TPSA) is 176 Å². The van der Waals surface area contributed by atoms with Gasteiger partial charge in [-0.2, -0.15) is 0 Å². The number of likely N-dealkylation sites (tertiary alicyclic amines) is 1.